The van der Waals surface area contributed by atoms with Crippen LogP contribution in [-0.2, 0) is 4.74 Å². The van der Waals surface area contributed by atoms with E-state index in [1.165, 1.54) is 0 Å². The first-order valence-electron chi connectivity index (χ1n) is 9.33. The first-order valence-corrected chi connectivity index (χ1v) is 10.1. The summed E-state index contributed by atoms with van der Waals surface area (Å²) in [5.74, 6) is 1.25. The highest BCUT2D eigenvalue weighted by Gasteiger charge is 2.23. The number of morpholine rings is 1. The van der Waals surface area contributed by atoms with Crippen molar-refractivity contribution in [3.63, 3.8) is 0 Å². The van der Waals surface area contributed by atoms with Crippen LogP contribution < -0.4 is 10.1 Å². The number of fused-ring (bicyclic) bond motifs is 1. The number of pyridine rings is 1. The van der Waals surface area contributed by atoms with Crippen LogP contribution in [0, 0.1) is 0 Å². The molecule has 1 aromatic heterocycles. The molecule has 1 amide bonds. The molecule has 0 saturated carbocycles. The van der Waals surface area contributed by atoms with Crippen molar-refractivity contribution in [1.82, 2.24) is 9.88 Å². The van der Waals surface area contributed by atoms with Crippen molar-refractivity contribution in [1.29, 1.82) is 0 Å². The lowest BCUT2D eigenvalue weighted by Crippen LogP contribution is -2.40. The summed E-state index contributed by atoms with van der Waals surface area (Å²) >= 11 is 12.5. The monoisotopic (exact) mass is 421 g/mol. The zero-order chi connectivity index (χ0) is 19.5. The third kappa shape index (κ3) is 4.19. The van der Waals surface area contributed by atoms with E-state index >= 15 is 0 Å². The number of ether oxygens (including phenoxy) is 2. The van der Waals surface area contributed by atoms with Gasteiger partial charge in [-0.15, -0.1) is 0 Å². The molecule has 3 heterocycles. The minimum atomic E-state index is -0.0768. The molecule has 1 aromatic carbocycles. The van der Waals surface area contributed by atoms with E-state index in [1.807, 2.05) is 18.2 Å². The minimum absolute atomic E-state index is 0.000520. The fourth-order valence-electron chi connectivity index (χ4n) is 3.47. The fraction of sp³-hybridized carbons (Fsp3) is 0.400. The predicted molar refractivity (Wildman–Crippen MR) is 109 cm³/mol. The van der Waals surface area contributed by atoms with Crippen molar-refractivity contribution < 1.29 is 14.3 Å². The number of nitrogens with one attached hydrogen (secondary N) is 1. The van der Waals surface area contributed by atoms with Gasteiger partial charge in [-0.2, -0.15) is 0 Å². The van der Waals surface area contributed by atoms with Crippen molar-refractivity contribution >= 4 is 34.9 Å². The quantitative estimate of drug-likeness (QED) is 0.804. The maximum Gasteiger partial charge on any atom is 0.255 e. The van der Waals surface area contributed by atoms with Crippen LogP contribution in [-0.4, -0.2) is 48.7 Å². The predicted octanol–water partition coefficient (Wildman–Crippen LogP) is 4.19. The Morgan fingerprint density at radius 1 is 1.18 bits per heavy atom. The van der Waals surface area contributed by atoms with Crippen LogP contribution >= 0.6 is 23.2 Å². The van der Waals surface area contributed by atoms with Gasteiger partial charge >= 0.3 is 0 Å². The van der Waals surface area contributed by atoms with Gasteiger partial charge in [-0.05, 0) is 31.0 Å². The van der Waals surface area contributed by atoms with Crippen molar-refractivity contribution in [2.24, 2.45) is 0 Å². The number of carbonyl (C=O) groups is 1. The van der Waals surface area contributed by atoms with E-state index in [4.69, 9.17) is 32.7 Å². The molecule has 148 valence electrons. The Morgan fingerprint density at radius 2 is 2.00 bits per heavy atom. The Hall–Kier alpha value is -2.02. The van der Waals surface area contributed by atoms with Crippen molar-refractivity contribution in [2.45, 2.75) is 18.9 Å². The van der Waals surface area contributed by atoms with Crippen molar-refractivity contribution in [3.8, 4) is 5.75 Å². The van der Waals surface area contributed by atoms with E-state index in [9.17, 15) is 4.79 Å². The number of nitrogens with zero attached hydrogens (tertiary/aromatic N) is 2. The molecule has 1 atom stereocenters. The van der Waals surface area contributed by atoms with Crippen LogP contribution in [0.5, 0.6) is 5.75 Å². The van der Waals surface area contributed by atoms with Crippen LogP contribution in [0.2, 0.25) is 10.0 Å². The zero-order valence-electron chi connectivity index (χ0n) is 15.3. The molecule has 1 N–H and O–H groups in total. The molecule has 28 heavy (non-hydrogen) atoms. The Bertz CT molecular complexity index is 872. The molecule has 0 radical (unpaired) electrons. The second-order valence-electron chi connectivity index (χ2n) is 6.83. The van der Waals surface area contributed by atoms with Gasteiger partial charge in [0.2, 0.25) is 0 Å². The van der Waals surface area contributed by atoms with Gasteiger partial charge in [0.05, 0.1) is 36.4 Å². The van der Waals surface area contributed by atoms with Gasteiger partial charge in [0.15, 0.2) is 0 Å². The van der Waals surface area contributed by atoms with E-state index in [0.29, 0.717) is 54.3 Å². The summed E-state index contributed by atoms with van der Waals surface area (Å²) in [7, 11) is 0. The lowest BCUT2D eigenvalue weighted by atomic mass is 10.0. The number of carbonyl (C=O) groups excluding carboxylic acids is 1. The number of rotatable bonds is 3. The SMILES string of the molecule is O=C(c1cnc(NC2CCCOc3cc(Cl)ccc32)c(Cl)c1)N1CCOCC1. The third-order valence-corrected chi connectivity index (χ3v) is 5.47. The highest BCUT2D eigenvalue weighted by molar-refractivity contribution is 6.33. The Labute approximate surface area is 173 Å². The number of halogens is 2. The summed E-state index contributed by atoms with van der Waals surface area (Å²) in [6.07, 6.45) is 3.35. The van der Waals surface area contributed by atoms with E-state index in [0.717, 1.165) is 24.2 Å². The van der Waals surface area contributed by atoms with Crippen LogP contribution in [0.1, 0.15) is 34.8 Å². The topological polar surface area (TPSA) is 63.7 Å². The molecule has 2 aliphatic heterocycles. The van der Waals surface area contributed by atoms with Gasteiger partial charge in [0.1, 0.15) is 11.6 Å². The van der Waals surface area contributed by atoms with E-state index in [-0.39, 0.29) is 11.9 Å². The summed E-state index contributed by atoms with van der Waals surface area (Å²) in [5.41, 5.74) is 1.50. The number of benzene rings is 1. The van der Waals surface area contributed by atoms with Gasteiger partial charge in [0.25, 0.3) is 5.91 Å². The highest BCUT2D eigenvalue weighted by Crippen LogP contribution is 2.36. The number of hydrogen-bond donors (Lipinski definition) is 1. The Balaban J connectivity index is 1.53. The first kappa shape index (κ1) is 19.3. The third-order valence-electron chi connectivity index (χ3n) is 4.94. The maximum atomic E-state index is 12.6. The number of hydrogen-bond acceptors (Lipinski definition) is 5. The molecule has 0 bridgehead atoms. The number of aromatic nitrogens is 1. The van der Waals surface area contributed by atoms with Gasteiger partial charge < -0.3 is 19.7 Å². The molecule has 2 aromatic rings. The van der Waals surface area contributed by atoms with E-state index < -0.39 is 0 Å². The van der Waals surface area contributed by atoms with Crippen molar-refractivity contribution in [2.75, 3.05) is 38.2 Å². The number of amides is 1. The van der Waals surface area contributed by atoms with Gasteiger partial charge in [-0.3, -0.25) is 4.79 Å². The molecule has 1 unspecified atom stereocenters. The second kappa shape index (κ2) is 8.55. The second-order valence-corrected chi connectivity index (χ2v) is 7.67. The van der Waals surface area contributed by atoms with E-state index in [2.05, 4.69) is 10.3 Å². The van der Waals surface area contributed by atoms with Crippen LogP contribution in [0.4, 0.5) is 5.82 Å². The largest absolute Gasteiger partial charge is 0.493 e. The van der Waals surface area contributed by atoms with Crippen LogP contribution in [0.25, 0.3) is 0 Å². The van der Waals surface area contributed by atoms with Crippen LogP contribution in [0.15, 0.2) is 30.5 Å². The van der Waals surface area contributed by atoms with Crippen molar-refractivity contribution in [3.05, 3.63) is 51.6 Å². The average molecular weight is 422 g/mol. The van der Waals surface area contributed by atoms with Gasteiger partial charge in [0, 0.05) is 29.9 Å². The molecule has 1 fully saturated rings. The lowest BCUT2D eigenvalue weighted by molar-refractivity contribution is 0.0302. The fourth-order valence-corrected chi connectivity index (χ4v) is 3.85. The first-order chi connectivity index (χ1) is 13.6. The highest BCUT2D eigenvalue weighted by atomic mass is 35.5. The summed E-state index contributed by atoms with van der Waals surface area (Å²) < 4.78 is 11.1. The molecule has 2 aliphatic rings. The average Bonchev–Trinajstić information content (AvgIpc) is 2.91. The summed E-state index contributed by atoms with van der Waals surface area (Å²) in [5, 5.41) is 4.46. The molecule has 1 saturated heterocycles. The maximum absolute atomic E-state index is 12.6. The molecular formula is C20H21Cl2N3O3. The summed E-state index contributed by atoms with van der Waals surface area (Å²) in [6.45, 7) is 2.91. The molecule has 6 nitrogen and oxygen atoms in total. The summed E-state index contributed by atoms with van der Waals surface area (Å²) in [4.78, 5) is 18.8. The summed E-state index contributed by atoms with van der Waals surface area (Å²) in [6, 6.07) is 7.31. The van der Waals surface area contributed by atoms with E-state index in [1.54, 1.807) is 17.2 Å². The molecule has 8 heteroatoms. The minimum Gasteiger partial charge on any atom is -0.493 e. The normalized spacial score (nSPS) is 19.4. The molecular weight excluding hydrogens is 401 g/mol. The Morgan fingerprint density at radius 3 is 2.79 bits per heavy atom. The molecule has 0 aliphatic carbocycles. The van der Waals surface area contributed by atoms with Crippen LogP contribution in [0.3, 0.4) is 0 Å². The lowest BCUT2D eigenvalue weighted by Gasteiger charge is -2.27. The van der Waals surface area contributed by atoms with Gasteiger partial charge in [-0.1, -0.05) is 29.3 Å². The Kier molecular flexibility index (Phi) is 5.90. The molecule has 4 rings (SSSR count). The smallest absolute Gasteiger partial charge is 0.255 e. The standard InChI is InChI=1S/C20H21Cl2N3O3/c21-14-3-4-15-17(2-1-7-28-18(15)11-14)24-19-16(22)10-13(12-23-19)20(26)25-5-8-27-9-6-25/h3-4,10-12,17H,1-2,5-9H2,(H,23,24). The van der Waals surface area contributed by atoms with Gasteiger partial charge in [-0.25, -0.2) is 4.98 Å². The molecule has 0 spiro atoms. The zero-order valence-corrected chi connectivity index (χ0v) is 16.8. The number of anilines is 1.